The van der Waals surface area contributed by atoms with Crippen molar-refractivity contribution in [3.05, 3.63) is 17.7 Å². The maximum atomic E-state index is 11.9. The summed E-state index contributed by atoms with van der Waals surface area (Å²) >= 11 is 0. The molecule has 6 heteroatoms. The Hall–Kier alpha value is -1.04. The van der Waals surface area contributed by atoms with Gasteiger partial charge in [0.15, 0.2) is 6.10 Å². The second-order valence-electron chi connectivity index (χ2n) is 2.74. The summed E-state index contributed by atoms with van der Waals surface area (Å²) in [6, 6.07) is 0. The number of hydrogen-bond acceptors (Lipinski definition) is 2. The first kappa shape index (κ1) is 10.0. The highest BCUT2D eigenvalue weighted by Gasteiger charge is 2.38. The quantitative estimate of drug-likeness (QED) is 0.742. The van der Waals surface area contributed by atoms with Crippen molar-refractivity contribution in [2.75, 3.05) is 0 Å². The van der Waals surface area contributed by atoms with Gasteiger partial charge in [0.05, 0.1) is 12.0 Å². The largest absolute Gasteiger partial charge is 0.414 e. The first-order valence-corrected chi connectivity index (χ1v) is 3.65. The van der Waals surface area contributed by atoms with Crippen LogP contribution in [0.3, 0.4) is 0 Å². The van der Waals surface area contributed by atoms with E-state index in [1.807, 2.05) is 0 Å². The molecule has 0 spiro atoms. The van der Waals surface area contributed by atoms with Crippen LogP contribution in [0.4, 0.5) is 13.2 Å². The van der Waals surface area contributed by atoms with E-state index in [1.165, 1.54) is 6.33 Å². The average Bonchev–Trinajstić information content (AvgIpc) is 2.34. The molecule has 1 aromatic rings. The van der Waals surface area contributed by atoms with Crippen molar-refractivity contribution >= 4 is 0 Å². The van der Waals surface area contributed by atoms with Crippen LogP contribution in [0.15, 0.2) is 6.33 Å². The second kappa shape index (κ2) is 3.37. The molecule has 0 amide bonds. The molecule has 74 valence electrons. The SMILES string of the molecule is Cc1[nH]cnc1CC(O)C(F)(F)F. The smallest absolute Gasteiger partial charge is 0.383 e. The van der Waals surface area contributed by atoms with Gasteiger partial charge in [0.2, 0.25) is 0 Å². The zero-order valence-corrected chi connectivity index (χ0v) is 6.89. The Kier molecular flexibility index (Phi) is 2.60. The Balaban J connectivity index is 2.65. The van der Waals surface area contributed by atoms with E-state index in [1.54, 1.807) is 6.92 Å². The van der Waals surface area contributed by atoms with Crippen molar-refractivity contribution in [2.24, 2.45) is 0 Å². The minimum atomic E-state index is -4.58. The molecule has 1 unspecified atom stereocenters. The van der Waals surface area contributed by atoms with E-state index in [2.05, 4.69) is 9.97 Å². The maximum Gasteiger partial charge on any atom is 0.414 e. The maximum absolute atomic E-state index is 11.9. The van der Waals surface area contributed by atoms with Crippen LogP contribution in [0.5, 0.6) is 0 Å². The molecule has 0 saturated carbocycles. The Labute approximate surface area is 72.6 Å². The van der Waals surface area contributed by atoms with Crippen LogP contribution in [0, 0.1) is 6.92 Å². The van der Waals surface area contributed by atoms with E-state index in [-0.39, 0.29) is 5.69 Å². The third-order valence-electron chi connectivity index (χ3n) is 1.70. The van der Waals surface area contributed by atoms with Gasteiger partial charge in [-0.15, -0.1) is 0 Å². The number of aliphatic hydroxyl groups excluding tert-OH is 1. The number of rotatable bonds is 2. The van der Waals surface area contributed by atoms with Crippen molar-refractivity contribution in [3.8, 4) is 0 Å². The molecule has 0 aliphatic carbocycles. The minimum absolute atomic E-state index is 0.241. The summed E-state index contributed by atoms with van der Waals surface area (Å²) in [5, 5.41) is 8.70. The van der Waals surface area contributed by atoms with Crippen molar-refractivity contribution in [1.29, 1.82) is 0 Å². The predicted molar refractivity (Wildman–Crippen MR) is 39.1 cm³/mol. The van der Waals surface area contributed by atoms with Gasteiger partial charge >= 0.3 is 6.18 Å². The normalized spacial score (nSPS) is 14.5. The lowest BCUT2D eigenvalue weighted by Gasteiger charge is -2.13. The minimum Gasteiger partial charge on any atom is -0.383 e. The van der Waals surface area contributed by atoms with Gasteiger partial charge in [0.1, 0.15) is 0 Å². The number of halogens is 3. The van der Waals surface area contributed by atoms with Gasteiger partial charge in [-0.1, -0.05) is 0 Å². The summed E-state index contributed by atoms with van der Waals surface area (Å²) in [6.07, 6.45) is -6.12. The molecule has 3 nitrogen and oxygen atoms in total. The molecule has 0 saturated heterocycles. The van der Waals surface area contributed by atoms with Gasteiger partial charge in [0.25, 0.3) is 0 Å². The Morgan fingerprint density at radius 2 is 2.23 bits per heavy atom. The van der Waals surface area contributed by atoms with Crippen molar-refractivity contribution < 1.29 is 18.3 Å². The molecular weight excluding hydrogens is 185 g/mol. The number of nitrogens with zero attached hydrogens (tertiary/aromatic N) is 1. The molecule has 0 radical (unpaired) electrons. The molecular formula is C7H9F3N2O. The number of H-pyrrole nitrogens is 1. The molecule has 1 aromatic heterocycles. The molecule has 2 N–H and O–H groups in total. The van der Waals surface area contributed by atoms with Crippen LogP contribution < -0.4 is 0 Å². The first-order chi connectivity index (χ1) is 5.91. The molecule has 1 atom stereocenters. The highest BCUT2D eigenvalue weighted by Crippen LogP contribution is 2.22. The number of aliphatic hydroxyl groups is 1. The lowest BCUT2D eigenvalue weighted by molar-refractivity contribution is -0.203. The van der Waals surface area contributed by atoms with E-state index < -0.39 is 18.7 Å². The third-order valence-corrected chi connectivity index (χ3v) is 1.70. The van der Waals surface area contributed by atoms with E-state index in [0.717, 1.165) is 0 Å². The van der Waals surface area contributed by atoms with E-state index >= 15 is 0 Å². The molecule has 0 aliphatic heterocycles. The fourth-order valence-corrected chi connectivity index (χ4v) is 0.892. The molecule has 0 bridgehead atoms. The lowest BCUT2D eigenvalue weighted by atomic mass is 10.1. The average molecular weight is 194 g/mol. The zero-order valence-electron chi connectivity index (χ0n) is 6.89. The number of aromatic amines is 1. The highest BCUT2D eigenvalue weighted by atomic mass is 19.4. The summed E-state index contributed by atoms with van der Waals surface area (Å²) in [7, 11) is 0. The standard InChI is InChI=1S/C7H9F3N2O/c1-4-5(12-3-11-4)2-6(13)7(8,9)10/h3,6,13H,2H2,1H3,(H,11,12). The van der Waals surface area contributed by atoms with Crippen LogP contribution in [0.25, 0.3) is 0 Å². The van der Waals surface area contributed by atoms with Crippen LogP contribution in [0.1, 0.15) is 11.4 Å². The lowest BCUT2D eigenvalue weighted by Crippen LogP contribution is -2.30. The van der Waals surface area contributed by atoms with Gasteiger partial charge in [-0.25, -0.2) is 4.98 Å². The van der Waals surface area contributed by atoms with E-state index in [0.29, 0.717) is 5.69 Å². The summed E-state index contributed by atoms with van der Waals surface area (Å²) < 4.78 is 35.7. The second-order valence-corrected chi connectivity index (χ2v) is 2.74. The number of aromatic nitrogens is 2. The van der Waals surface area contributed by atoms with Gasteiger partial charge < -0.3 is 10.1 Å². The van der Waals surface area contributed by atoms with Crippen LogP contribution in [-0.4, -0.2) is 27.4 Å². The van der Waals surface area contributed by atoms with Crippen molar-refractivity contribution in [2.45, 2.75) is 25.6 Å². The number of nitrogens with one attached hydrogen (secondary N) is 1. The zero-order chi connectivity index (χ0) is 10.1. The summed E-state index contributed by atoms with van der Waals surface area (Å²) in [5.41, 5.74) is 0.785. The highest BCUT2D eigenvalue weighted by molar-refractivity contribution is 5.10. The fraction of sp³-hybridized carbons (Fsp3) is 0.571. The number of hydrogen-bond donors (Lipinski definition) is 2. The molecule has 1 heterocycles. The van der Waals surface area contributed by atoms with Crippen LogP contribution in [-0.2, 0) is 6.42 Å². The van der Waals surface area contributed by atoms with Crippen molar-refractivity contribution in [3.63, 3.8) is 0 Å². The number of imidazole rings is 1. The third kappa shape index (κ3) is 2.45. The molecule has 0 fully saturated rings. The summed E-state index contributed by atoms with van der Waals surface area (Å²) in [6.45, 7) is 1.60. The molecule has 0 aromatic carbocycles. The molecule has 13 heavy (non-hydrogen) atoms. The Morgan fingerprint density at radius 3 is 2.62 bits per heavy atom. The van der Waals surface area contributed by atoms with Gasteiger partial charge in [0, 0.05) is 12.1 Å². The topological polar surface area (TPSA) is 48.9 Å². The summed E-state index contributed by atoms with van der Waals surface area (Å²) in [5.74, 6) is 0. The monoisotopic (exact) mass is 194 g/mol. The number of alkyl halides is 3. The molecule has 0 aliphatic rings. The summed E-state index contributed by atoms with van der Waals surface area (Å²) in [4.78, 5) is 6.29. The Morgan fingerprint density at radius 1 is 1.62 bits per heavy atom. The fourth-order valence-electron chi connectivity index (χ4n) is 0.892. The van der Waals surface area contributed by atoms with Gasteiger partial charge in [-0.3, -0.25) is 0 Å². The predicted octanol–water partition coefficient (Wildman–Crippen LogP) is 1.18. The van der Waals surface area contributed by atoms with Crippen LogP contribution in [0.2, 0.25) is 0 Å². The first-order valence-electron chi connectivity index (χ1n) is 3.65. The van der Waals surface area contributed by atoms with E-state index in [9.17, 15) is 13.2 Å². The van der Waals surface area contributed by atoms with Gasteiger partial charge in [-0.2, -0.15) is 13.2 Å². The van der Waals surface area contributed by atoms with Gasteiger partial charge in [-0.05, 0) is 6.92 Å². The Bertz CT molecular complexity index is 282. The van der Waals surface area contributed by atoms with E-state index in [4.69, 9.17) is 5.11 Å². The molecule has 1 rings (SSSR count). The van der Waals surface area contributed by atoms with Crippen molar-refractivity contribution in [1.82, 2.24) is 9.97 Å². The number of aryl methyl sites for hydroxylation is 1. The van der Waals surface area contributed by atoms with Crippen LogP contribution >= 0.6 is 0 Å².